The van der Waals surface area contributed by atoms with E-state index < -0.39 is 0 Å². The molecule has 0 atom stereocenters. The molecule has 1 saturated carbocycles. The van der Waals surface area contributed by atoms with Gasteiger partial charge in [-0.25, -0.2) is 0 Å². The Hall–Kier alpha value is -0.730. The van der Waals surface area contributed by atoms with Gasteiger partial charge in [-0.1, -0.05) is 29.3 Å². The van der Waals surface area contributed by atoms with E-state index >= 15 is 0 Å². The van der Waals surface area contributed by atoms with Gasteiger partial charge in [-0.15, -0.1) is 0 Å². The second kappa shape index (κ2) is 3.79. The largest absolute Gasteiger partial charge is 0.423 e. The molecule has 4 heteroatoms. The molecule has 0 aliphatic heterocycles. The zero-order valence-corrected chi connectivity index (χ0v) is 8.81. The predicted octanol–water partition coefficient (Wildman–Crippen LogP) is 3.31. The summed E-state index contributed by atoms with van der Waals surface area (Å²) in [7, 11) is 0. The molecule has 0 saturated heterocycles. The SMILES string of the molecule is O=C(Oc1c(Cl)cccc1Cl)C1CC1. The van der Waals surface area contributed by atoms with Gasteiger partial charge in [0.1, 0.15) is 0 Å². The van der Waals surface area contributed by atoms with Crippen molar-refractivity contribution in [2.45, 2.75) is 12.8 Å². The Morgan fingerprint density at radius 3 is 2.36 bits per heavy atom. The molecule has 1 aromatic rings. The van der Waals surface area contributed by atoms with Crippen molar-refractivity contribution in [2.75, 3.05) is 0 Å². The summed E-state index contributed by atoms with van der Waals surface area (Å²) in [6.07, 6.45) is 1.81. The first-order chi connectivity index (χ1) is 6.68. The molecule has 14 heavy (non-hydrogen) atoms. The van der Waals surface area contributed by atoms with E-state index in [-0.39, 0.29) is 17.6 Å². The third-order valence-corrected chi connectivity index (χ3v) is 2.63. The molecule has 0 heterocycles. The smallest absolute Gasteiger partial charge is 0.314 e. The van der Waals surface area contributed by atoms with E-state index in [1.807, 2.05) is 0 Å². The van der Waals surface area contributed by atoms with Gasteiger partial charge in [0.15, 0.2) is 5.75 Å². The van der Waals surface area contributed by atoms with Crippen molar-refractivity contribution in [1.29, 1.82) is 0 Å². The van der Waals surface area contributed by atoms with Gasteiger partial charge in [-0.3, -0.25) is 4.79 Å². The van der Waals surface area contributed by atoms with Crippen LogP contribution in [-0.4, -0.2) is 5.97 Å². The van der Waals surface area contributed by atoms with Gasteiger partial charge in [-0.05, 0) is 25.0 Å². The van der Waals surface area contributed by atoms with Crippen LogP contribution in [0, 0.1) is 5.92 Å². The van der Waals surface area contributed by atoms with E-state index in [0.717, 1.165) is 12.8 Å². The Morgan fingerprint density at radius 1 is 1.29 bits per heavy atom. The molecule has 0 unspecified atom stereocenters. The van der Waals surface area contributed by atoms with E-state index in [2.05, 4.69) is 0 Å². The highest BCUT2D eigenvalue weighted by atomic mass is 35.5. The molecule has 0 N–H and O–H groups in total. The minimum atomic E-state index is -0.236. The Morgan fingerprint density at radius 2 is 1.86 bits per heavy atom. The van der Waals surface area contributed by atoms with E-state index in [1.165, 1.54) is 0 Å². The van der Waals surface area contributed by atoms with Crippen LogP contribution in [0.25, 0.3) is 0 Å². The Kier molecular flexibility index (Phi) is 2.66. The molecule has 0 aromatic heterocycles. The number of rotatable bonds is 2. The maximum Gasteiger partial charge on any atom is 0.314 e. The lowest BCUT2D eigenvalue weighted by Gasteiger charge is -2.06. The summed E-state index contributed by atoms with van der Waals surface area (Å²) in [5.41, 5.74) is 0. The van der Waals surface area contributed by atoms with Crippen molar-refractivity contribution >= 4 is 29.2 Å². The number of halogens is 2. The van der Waals surface area contributed by atoms with Crippen LogP contribution in [0.2, 0.25) is 10.0 Å². The van der Waals surface area contributed by atoms with Gasteiger partial charge in [-0.2, -0.15) is 0 Å². The van der Waals surface area contributed by atoms with Crippen LogP contribution in [0.5, 0.6) is 5.75 Å². The highest BCUT2D eigenvalue weighted by Crippen LogP contribution is 2.36. The Labute approximate surface area is 91.8 Å². The lowest BCUT2D eigenvalue weighted by molar-refractivity contribution is -0.135. The van der Waals surface area contributed by atoms with Crippen LogP contribution in [-0.2, 0) is 4.79 Å². The van der Waals surface area contributed by atoms with Crippen molar-refractivity contribution in [3.8, 4) is 5.75 Å². The van der Waals surface area contributed by atoms with Gasteiger partial charge >= 0.3 is 5.97 Å². The number of hydrogen-bond donors (Lipinski definition) is 0. The van der Waals surface area contributed by atoms with Crippen LogP contribution in [0.3, 0.4) is 0 Å². The van der Waals surface area contributed by atoms with E-state index in [1.54, 1.807) is 18.2 Å². The summed E-state index contributed by atoms with van der Waals surface area (Å²) in [5.74, 6) is 0.0788. The van der Waals surface area contributed by atoms with Crippen molar-refractivity contribution in [3.63, 3.8) is 0 Å². The predicted molar refractivity (Wildman–Crippen MR) is 54.8 cm³/mol. The molecule has 0 spiro atoms. The number of carbonyl (C=O) groups is 1. The Bertz CT molecular complexity index is 352. The van der Waals surface area contributed by atoms with Crippen LogP contribution >= 0.6 is 23.2 Å². The van der Waals surface area contributed by atoms with Gasteiger partial charge in [0.05, 0.1) is 16.0 Å². The quantitative estimate of drug-likeness (QED) is 0.576. The molecular weight excluding hydrogens is 223 g/mol. The fourth-order valence-corrected chi connectivity index (χ4v) is 1.56. The molecule has 74 valence electrons. The average molecular weight is 231 g/mol. The lowest BCUT2D eigenvalue weighted by Crippen LogP contribution is -2.10. The number of benzene rings is 1. The maximum absolute atomic E-state index is 11.3. The van der Waals surface area contributed by atoms with Crippen LogP contribution in [0.4, 0.5) is 0 Å². The standard InChI is InChI=1S/C10H8Cl2O2/c11-7-2-1-3-8(12)9(7)14-10(13)6-4-5-6/h1-3,6H,4-5H2. The molecule has 2 rings (SSSR count). The third-order valence-electron chi connectivity index (χ3n) is 2.03. The van der Waals surface area contributed by atoms with Crippen LogP contribution in [0.15, 0.2) is 18.2 Å². The molecule has 0 amide bonds. The van der Waals surface area contributed by atoms with Crippen molar-refractivity contribution in [1.82, 2.24) is 0 Å². The fraction of sp³-hybridized carbons (Fsp3) is 0.300. The summed E-state index contributed by atoms with van der Waals surface area (Å²) < 4.78 is 5.10. The van der Waals surface area contributed by atoms with E-state index in [0.29, 0.717) is 10.0 Å². The van der Waals surface area contributed by atoms with Crippen molar-refractivity contribution in [2.24, 2.45) is 5.92 Å². The van der Waals surface area contributed by atoms with E-state index in [4.69, 9.17) is 27.9 Å². The molecule has 2 nitrogen and oxygen atoms in total. The monoisotopic (exact) mass is 230 g/mol. The second-order valence-electron chi connectivity index (χ2n) is 3.25. The van der Waals surface area contributed by atoms with Gasteiger partial charge < -0.3 is 4.74 Å². The number of esters is 1. The number of ether oxygens (including phenoxy) is 1. The Balaban J connectivity index is 2.18. The van der Waals surface area contributed by atoms with Gasteiger partial charge in [0.2, 0.25) is 0 Å². The molecule has 1 aliphatic rings. The molecule has 1 aliphatic carbocycles. The zero-order valence-electron chi connectivity index (χ0n) is 7.30. The molecule has 1 fully saturated rings. The second-order valence-corrected chi connectivity index (χ2v) is 4.06. The van der Waals surface area contributed by atoms with Crippen LogP contribution in [0.1, 0.15) is 12.8 Å². The summed E-state index contributed by atoms with van der Waals surface area (Å²) in [6, 6.07) is 4.99. The van der Waals surface area contributed by atoms with E-state index in [9.17, 15) is 4.79 Å². The zero-order chi connectivity index (χ0) is 10.1. The van der Waals surface area contributed by atoms with Crippen molar-refractivity contribution in [3.05, 3.63) is 28.2 Å². The maximum atomic E-state index is 11.3. The molecular formula is C10H8Cl2O2. The summed E-state index contributed by atoms with van der Waals surface area (Å²) in [5, 5.41) is 0.734. The highest BCUT2D eigenvalue weighted by molar-refractivity contribution is 6.37. The first kappa shape index (κ1) is 9.81. The van der Waals surface area contributed by atoms with Gasteiger partial charge in [0.25, 0.3) is 0 Å². The van der Waals surface area contributed by atoms with Crippen molar-refractivity contribution < 1.29 is 9.53 Å². The minimum absolute atomic E-state index is 0.0438. The topological polar surface area (TPSA) is 26.3 Å². The van der Waals surface area contributed by atoms with Crippen LogP contribution < -0.4 is 4.74 Å². The number of carbonyl (C=O) groups excluding carboxylic acids is 1. The number of para-hydroxylation sites is 1. The lowest BCUT2D eigenvalue weighted by atomic mass is 10.3. The highest BCUT2D eigenvalue weighted by Gasteiger charge is 2.32. The first-order valence-electron chi connectivity index (χ1n) is 4.34. The first-order valence-corrected chi connectivity index (χ1v) is 5.10. The van der Waals surface area contributed by atoms with Gasteiger partial charge in [0, 0.05) is 0 Å². The third kappa shape index (κ3) is 2.02. The summed E-state index contributed by atoms with van der Waals surface area (Å²) in [4.78, 5) is 11.3. The summed E-state index contributed by atoms with van der Waals surface area (Å²) in [6.45, 7) is 0. The minimum Gasteiger partial charge on any atom is -0.423 e. The molecule has 0 bridgehead atoms. The fourth-order valence-electron chi connectivity index (χ4n) is 1.08. The average Bonchev–Trinajstić information content (AvgIpc) is 2.94. The normalized spacial score (nSPS) is 15.3. The molecule has 1 aromatic carbocycles. The summed E-state index contributed by atoms with van der Waals surface area (Å²) >= 11 is 11.7. The molecule has 0 radical (unpaired) electrons. The number of hydrogen-bond acceptors (Lipinski definition) is 2.